The minimum Gasteiger partial charge on any atom is -0.366 e. The molecule has 0 radical (unpaired) electrons. The summed E-state index contributed by atoms with van der Waals surface area (Å²) in [5.41, 5.74) is 2.53. The predicted octanol–water partition coefficient (Wildman–Crippen LogP) is 5.36. The van der Waals surface area contributed by atoms with E-state index in [1.54, 1.807) is 45.2 Å². The maximum atomic E-state index is 14.2. The molecule has 1 amide bonds. The number of carbonyl (C=O) groups is 1. The minimum absolute atomic E-state index is 0.103. The molecule has 0 atom stereocenters. The van der Waals surface area contributed by atoms with Crippen LogP contribution in [0.15, 0.2) is 72.1 Å². The number of aromatic nitrogens is 2. The number of amides is 1. The predicted molar refractivity (Wildman–Crippen MR) is 126 cm³/mol. The number of para-hydroxylation sites is 1. The van der Waals surface area contributed by atoms with Crippen molar-refractivity contribution in [2.45, 2.75) is 0 Å². The monoisotopic (exact) mass is 466 g/mol. The van der Waals surface area contributed by atoms with Gasteiger partial charge in [-0.15, -0.1) is 11.3 Å². The van der Waals surface area contributed by atoms with E-state index in [4.69, 9.17) is 16.7 Å². The summed E-state index contributed by atoms with van der Waals surface area (Å²) in [5.74, 6) is -0.347. The lowest BCUT2D eigenvalue weighted by Gasteiger charge is -2.36. The first kappa shape index (κ1) is 20.7. The van der Waals surface area contributed by atoms with E-state index < -0.39 is 0 Å². The lowest BCUT2D eigenvalue weighted by molar-refractivity contribution is 0.0737. The second-order valence-corrected chi connectivity index (χ2v) is 8.90. The molecule has 0 aliphatic carbocycles. The van der Waals surface area contributed by atoms with Crippen molar-refractivity contribution in [1.82, 2.24) is 14.7 Å². The smallest absolute Gasteiger partial charge is 0.272 e. The first-order valence-electron chi connectivity index (χ1n) is 10.3. The van der Waals surface area contributed by atoms with Crippen molar-refractivity contribution in [3.63, 3.8) is 0 Å². The second kappa shape index (κ2) is 8.76. The van der Waals surface area contributed by atoms with E-state index >= 15 is 0 Å². The Bertz CT molecular complexity index is 1250. The lowest BCUT2D eigenvalue weighted by atomic mass is 10.2. The van der Waals surface area contributed by atoms with Crippen molar-refractivity contribution >= 4 is 34.5 Å². The highest BCUT2D eigenvalue weighted by molar-refractivity contribution is 7.13. The Morgan fingerprint density at radius 2 is 1.78 bits per heavy atom. The fourth-order valence-electron chi connectivity index (χ4n) is 3.90. The van der Waals surface area contributed by atoms with Crippen molar-refractivity contribution in [2.75, 3.05) is 31.1 Å². The number of anilines is 1. The van der Waals surface area contributed by atoms with Gasteiger partial charge < -0.3 is 9.80 Å². The van der Waals surface area contributed by atoms with Gasteiger partial charge in [-0.1, -0.05) is 35.9 Å². The Morgan fingerprint density at radius 1 is 0.969 bits per heavy atom. The molecular formula is C24H20ClFN4OS. The molecule has 0 bridgehead atoms. The highest BCUT2D eigenvalue weighted by Crippen LogP contribution is 2.28. The average molecular weight is 467 g/mol. The van der Waals surface area contributed by atoms with Crippen molar-refractivity contribution < 1.29 is 9.18 Å². The fraction of sp³-hybridized carbons (Fsp3) is 0.167. The standard InChI is InChI=1S/C24H20ClFN4OS/c25-17-5-3-6-18(15-17)30-22(16-20(27-30)23-9-4-14-32-23)24(31)29-12-10-28(11-13-29)21-8-2-1-7-19(21)26/h1-9,14-16H,10-13H2. The SMILES string of the molecule is O=C(c1cc(-c2cccs2)nn1-c1cccc(Cl)c1)N1CCN(c2ccccc2F)CC1. The van der Waals surface area contributed by atoms with E-state index in [-0.39, 0.29) is 11.7 Å². The summed E-state index contributed by atoms with van der Waals surface area (Å²) in [7, 11) is 0. The molecule has 162 valence electrons. The van der Waals surface area contributed by atoms with Crippen LogP contribution >= 0.6 is 22.9 Å². The molecule has 4 aromatic rings. The van der Waals surface area contributed by atoms with Crippen LogP contribution in [0, 0.1) is 5.82 Å². The number of hydrogen-bond donors (Lipinski definition) is 0. The van der Waals surface area contributed by atoms with E-state index in [0.717, 1.165) is 16.3 Å². The van der Waals surface area contributed by atoms with Crippen molar-refractivity contribution in [3.8, 4) is 16.3 Å². The molecule has 1 aliphatic heterocycles. The Morgan fingerprint density at radius 3 is 2.50 bits per heavy atom. The first-order chi connectivity index (χ1) is 15.6. The fourth-order valence-corrected chi connectivity index (χ4v) is 4.77. The molecule has 0 spiro atoms. The molecule has 1 fully saturated rings. The van der Waals surface area contributed by atoms with Crippen molar-refractivity contribution in [2.24, 2.45) is 0 Å². The van der Waals surface area contributed by atoms with Crippen LogP contribution in [-0.4, -0.2) is 46.8 Å². The third kappa shape index (κ3) is 4.01. The summed E-state index contributed by atoms with van der Waals surface area (Å²) in [6.07, 6.45) is 0. The molecule has 1 aliphatic rings. The zero-order valence-corrected chi connectivity index (χ0v) is 18.7. The van der Waals surface area contributed by atoms with E-state index in [1.807, 2.05) is 46.7 Å². The van der Waals surface area contributed by atoms with Gasteiger partial charge in [0.15, 0.2) is 0 Å². The summed E-state index contributed by atoms with van der Waals surface area (Å²) in [5, 5.41) is 7.27. The summed E-state index contributed by atoms with van der Waals surface area (Å²) in [6, 6.07) is 19.8. The van der Waals surface area contributed by atoms with Gasteiger partial charge in [0.05, 0.1) is 16.3 Å². The number of nitrogens with zero attached hydrogens (tertiary/aromatic N) is 4. The summed E-state index contributed by atoms with van der Waals surface area (Å²) < 4.78 is 15.8. The second-order valence-electron chi connectivity index (χ2n) is 7.51. The number of halogens is 2. The van der Waals surface area contributed by atoms with Crippen LogP contribution in [0.25, 0.3) is 16.3 Å². The third-order valence-corrected chi connectivity index (χ3v) is 6.64. The number of rotatable bonds is 4. The quantitative estimate of drug-likeness (QED) is 0.407. The Labute approximate surface area is 194 Å². The number of piperazine rings is 1. The number of carbonyl (C=O) groups excluding carboxylic acids is 1. The van der Waals surface area contributed by atoms with Crippen LogP contribution in [0.5, 0.6) is 0 Å². The highest BCUT2D eigenvalue weighted by atomic mass is 35.5. The normalized spacial score (nSPS) is 14.1. The van der Waals surface area contributed by atoms with Gasteiger partial charge in [-0.3, -0.25) is 4.79 Å². The molecule has 0 saturated carbocycles. The molecule has 5 rings (SSSR count). The van der Waals surface area contributed by atoms with Gasteiger partial charge in [-0.25, -0.2) is 9.07 Å². The molecule has 1 saturated heterocycles. The van der Waals surface area contributed by atoms with Gasteiger partial charge in [0, 0.05) is 31.2 Å². The van der Waals surface area contributed by atoms with Crippen LogP contribution in [0.2, 0.25) is 5.02 Å². The minimum atomic E-state index is -0.244. The number of benzene rings is 2. The van der Waals surface area contributed by atoms with Gasteiger partial charge >= 0.3 is 0 Å². The summed E-state index contributed by atoms with van der Waals surface area (Å²) in [6.45, 7) is 2.13. The van der Waals surface area contributed by atoms with Crippen molar-refractivity contribution in [3.05, 3.63) is 88.6 Å². The average Bonchev–Trinajstić information content (AvgIpc) is 3.49. The molecule has 32 heavy (non-hydrogen) atoms. The molecule has 3 heterocycles. The van der Waals surface area contributed by atoms with E-state index in [2.05, 4.69) is 0 Å². The van der Waals surface area contributed by atoms with Crippen LogP contribution in [0.1, 0.15) is 10.5 Å². The highest BCUT2D eigenvalue weighted by Gasteiger charge is 2.27. The van der Waals surface area contributed by atoms with Crippen LogP contribution in [0.3, 0.4) is 0 Å². The zero-order chi connectivity index (χ0) is 22.1. The summed E-state index contributed by atoms with van der Waals surface area (Å²) in [4.78, 5) is 18.3. The van der Waals surface area contributed by atoms with Crippen molar-refractivity contribution in [1.29, 1.82) is 0 Å². The van der Waals surface area contributed by atoms with Gasteiger partial charge in [0.1, 0.15) is 17.2 Å². The van der Waals surface area contributed by atoms with E-state index in [0.29, 0.717) is 42.6 Å². The summed E-state index contributed by atoms with van der Waals surface area (Å²) >= 11 is 7.77. The van der Waals surface area contributed by atoms with Crippen LogP contribution in [-0.2, 0) is 0 Å². The molecular weight excluding hydrogens is 447 g/mol. The first-order valence-corrected chi connectivity index (χ1v) is 11.5. The van der Waals surface area contributed by atoms with Crippen LogP contribution in [0.4, 0.5) is 10.1 Å². The maximum Gasteiger partial charge on any atom is 0.272 e. The molecule has 8 heteroatoms. The topological polar surface area (TPSA) is 41.4 Å². The van der Waals surface area contributed by atoms with Gasteiger partial charge in [-0.2, -0.15) is 5.10 Å². The maximum absolute atomic E-state index is 14.2. The largest absolute Gasteiger partial charge is 0.366 e. The zero-order valence-electron chi connectivity index (χ0n) is 17.1. The Balaban J connectivity index is 1.43. The Hall–Kier alpha value is -3.16. The molecule has 2 aromatic heterocycles. The molecule has 0 unspecified atom stereocenters. The number of thiophene rings is 1. The Kier molecular flexibility index (Phi) is 5.68. The van der Waals surface area contributed by atoms with Crippen LogP contribution < -0.4 is 4.90 Å². The molecule has 5 nitrogen and oxygen atoms in total. The third-order valence-electron chi connectivity index (χ3n) is 5.51. The lowest BCUT2D eigenvalue weighted by Crippen LogP contribution is -2.49. The molecule has 0 N–H and O–H groups in total. The number of hydrogen-bond acceptors (Lipinski definition) is 4. The van der Waals surface area contributed by atoms with E-state index in [1.165, 1.54) is 6.07 Å². The van der Waals surface area contributed by atoms with Gasteiger partial charge in [-0.05, 0) is 47.8 Å². The van der Waals surface area contributed by atoms with Gasteiger partial charge in [0.2, 0.25) is 0 Å². The molecule has 2 aromatic carbocycles. The van der Waals surface area contributed by atoms with Gasteiger partial charge in [0.25, 0.3) is 5.91 Å². The van der Waals surface area contributed by atoms with E-state index in [9.17, 15) is 9.18 Å².